The van der Waals surface area contributed by atoms with E-state index in [2.05, 4.69) is 47.0 Å². The van der Waals surface area contributed by atoms with E-state index in [0.717, 1.165) is 45.1 Å². The summed E-state index contributed by atoms with van der Waals surface area (Å²) in [4.78, 5) is 21.3. The van der Waals surface area contributed by atoms with Crippen molar-refractivity contribution in [1.29, 1.82) is 0 Å². The molecule has 1 aromatic heterocycles. The van der Waals surface area contributed by atoms with Crippen LogP contribution in [0.1, 0.15) is 53.0 Å². The number of rotatable bonds is 10. The molecule has 3 aromatic carbocycles. The van der Waals surface area contributed by atoms with Crippen LogP contribution in [0.25, 0.3) is 0 Å². The molecule has 0 radical (unpaired) electrons. The van der Waals surface area contributed by atoms with Crippen LogP contribution >= 0.6 is 23.5 Å². The largest absolute Gasteiger partial charge is 0.391 e. The van der Waals surface area contributed by atoms with Crippen LogP contribution in [-0.2, 0) is 30.6 Å². The average molecular weight is 572 g/mol. The zero-order valence-corrected chi connectivity index (χ0v) is 24.4. The van der Waals surface area contributed by atoms with E-state index < -0.39 is 6.10 Å². The summed E-state index contributed by atoms with van der Waals surface area (Å²) in [7, 11) is 0. The van der Waals surface area contributed by atoms with Gasteiger partial charge in [-0.1, -0.05) is 54.9 Å². The fraction of sp³-hybridized carbons (Fsp3) is 0.273. The first kappa shape index (κ1) is 28.4. The minimum absolute atomic E-state index is 0.0200. The second-order valence-electron chi connectivity index (χ2n) is 10.2. The number of aliphatic hydroxyl groups excluding tert-OH is 1. The molecule has 0 saturated heterocycles. The molecule has 0 bridgehead atoms. The van der Waals surface area contributed by atoms with E-state index in [0.29, 0.717) is 30.8 Å². The molecule has 5 nitrogen and oxygen atoms in total. The topological polar surface area (TPSA) is 65.5 Å². The van der Waals surface area contributed by atoms with Crippen LogP contribution in [0.4, 0.5) is 5.69 Å². The molecule has 4 aromatic rings. The van der Waals surface area contributed by atoms with Gasteiger partial charge in [0, 0.05) is 34.1 Å². The van der Waals surface area contributed by atoms with Crippen molar-refractivity contribution in [2.24, 2.45) is 0 Å². The van der Waals surface area contributed by atoms with Crippen molar-refractivity contribution in [2.45, 2.75) is 63.1 Å². The Bertz CT molecular complexity index is 1460. The smallest absolute Gasteiger partial charge is 0.227 e. The number of aliphatic hydroxyl groups is 1. The van der Waals surface area contributed by atoms with Gasteiger partial charge in [-0.3, -0.25) is 9.78 Å². The lowest BCUT2D eigenvalue weighted by atomic mass is 10.1. The van der Waals surface area contributed by atoms with Gasteiger partial charge in [0.05, 0.1) is 24.4 Å². The van der Waals surface area contributed by atoms with Gasteiger partial charge in [-0.05, 0) is 102 Å². The molecule has 0 saturated carbocycles. The summed E-state index contributed by atoms with van der Waals surface area (Å²) in [5.41, 5.74) is 7.04. The number of amides is 1. The normalized spacial score (nSPS) is 16.1. The Morgan fingerprint density at radius 3 is 2.52 bits per heavy atom. The number of halogens is 1. The summed E-state index contributed by atoms with van der Waals surface area (Å²) >= 11 is 7.56. The van der Waals surface area contributed by atoms with E-state index in [1.54, 1.807) is 0 Å². The van der Waals surface area contributed by atoms with Gasteiger partial charge >= 0.3 is 0 Å². The Balaban J connectivity index is 1.38. The highest BCUT2D eigenvalue weighted by molar-refractivity contribution is 7.97. The van der Waals surface area contributed by atoms with Crippen LogP contribution in [0.2, 0.25) is 5.02 Å². The van der Waals surface area contributed by atoms with Gasteiger partial charge in [0.1, 0.15) is 0 Å². The van der Waals surface area contributed by atoms with Crippen molar-refractivity contribution in [1.82, 2.24) is 9.71 Å². The predicted molar refractivity (Wildman–Crippen MR) is 164 cm³/mol. The molecular formula is C33H34ClN3O2S. The first-order chi connectivity index (χ1) is 19.4. The van der Waals surface area contributed by atoms with Crippen molar-refractivity contribution in [3.8, 4) is 0 Å². The lowest BCUT2D eigenvalue weighted by molar-refractivity contribution is -0.118. The molecule has 5 rings (SSSR count). The van der Waals surface area contributed by atoms with Crippen LogP contribution < -0.4 is 9.62 Å². The van der Waals surface area contributed by atoms with Crippen molar-refractivity contribution in [3.05, 3.63) is 124 Å². The highest BCUT2D eigenvalue weighted by Crippen LogP contribution is 2.37. The third-order valence-electron chi connectivity index (χ3n) is 7.33. The molecule has 40 heavy (non-hydrogen) atoms. The van der Waals surface area contributed by atoms with E-state index in [-0.39, 0.29) is 11.9 Å². The number of hydrogen-bond acceptors (Lipinski definition) is 5. The van der Waals surface area contributed by atoms with Crippen molar-refractivity contribution >= 4 is 35.1 Å². The quantitative estimate of drug-likeness (QED) is 0.200. The van der Waals surface area contributed by atoms with Crippen molar-refractivity contribution in [3.63, 3.8) is 0 Å². The molecule has 1 aliphatic carbocycles. The van der Waals surface area contributed by atoms with Gasteiger partial charge < -0.3 is 10.0 Å². The Labute approximate surface area is 245 Å². The van der Waals surface area contributed by atoms with E-state index in [9.17, 15) is 9.90 Å². The number of nitrogens with zero attached hydrogens (tertiary/aromatic N) is 2. The first-order valence-corrected chi connectivity index (χ1v) is 14.9. The maximum atomic E-state index is 13.7. The Morgan fingerprint density at radius 1 is 1.05 bits per heavy atom. The standard InChI is InChI=1S/C33H34ClN3O2S/c1-3-23-9-16-29(17-10-23)40-36-33-30-20-28(15-12-25(30)19-31(33)38)37(21-27-6-4-5-22(2)35-27)32(39)18-11-24-7-13-26(34)14-8-24/h4-10,12-17,20,31,33,36,38H,3,11,18-19,21H2,1-2H3/t31-,33?/m1/s1. The van der Waals surface area contributed by atoms with Crippen LogP contribution in [-0.4, -0.2) is 22.1 Å². The second kappa shape index (κ2) is 13.0. The lowest BCUT2D eigenvalue weighted by Gasteiger charge is -2.25. The minimum Gasteiger partial charge on any atom is -0.391 e. The number of carbonyl (C=O) groups is 1. The van der Waals surface area contributed by atoms with Crippen LogP contribution in [0, 0.1) is 6.92 Å². The van der Waals surface area contributed by atoms with E-state index in [4.69, 9.17) is 11.6 Å². The van der Waals surface area contributed by atoms with Crippen LogP contribution in [0.3, 0.4) is 0 Å². The molecule has 1 unspecified atom stereocenters. The summed E-state index contributed by atoms with van der Waals surface area (Å²) in [6, 6.07) is 27.8. The van der Waals surface area contributed by atoms with E-state index >= 15 is 0 Å². The minimum atomic E-state index is -0.542. The maximum Gasteiger partial charge on any atom is 0.227 e. The van der Waals surface area contributed by atoms with Crippen LogP contribution in [0.5, 0.6) is 0 Å². The number of pyridine rings is 1. The van der Waals surface area contributed by atoms with Gasteiger partial charge in [0.25, 0.3) is 0 Å². The molecular weight excluding hydrogens is 538 g/mol. The second-order valence-corrected chi connectivity index (χ2v) is 11.6. The third-order valence-corrected chi connectivity index (χ3v) is 8.46. The molecule has 1 heterocycles. The first-order valence-electron chi connectivity index (χ1n) is 13.7. The monoisotopic (exact) mass is 571 g/mol. The summed E-state index contributed by atoms with van der Waals surface area (Å²) in [5.74, 6) is 0.0200. The molecule has 1 amide bonds. The fourth-order valence-electron chi connectivity index (χ4n) is 5.05. The zero-order valence-electron chi connectivity index (χ0n) is 22.8. The number of carbonyl (C=O) groups excluding carboxylic acids is 1. The molecule has 7 heteroatoms. The zero-order chi connectivity index (χ0) is 28.1. The molecule has 206 valence electrons. The molecule has 0 spiro atoms. The van der Waals surface area contributed by atoms with Gasteiger partial charge in [0.15, 0.2) is 0 Å². The highest BCUT2D eigenvalue weighted by atomic mass is 35.5. The lowest BCUT2D eigenvalue weighted by Crippen LogP contribution is -2.31. The number of nitrogens with one attached hydrogen (secondary N) is 1. The van der Waals surface area contributed by atoms with E-state index in [1.165, 1.54) is 17.5 Å². The van der Waals surface area contributed by atoms with Crippen molar-refractivity contribution < 1.29 is 9.90 Å². The Kier molecular flexibility index (Phi) is 9.22. The Morgan fingerprint density at radius 2 is 1.80 bits per heavy atom. The number of aromatic nitrogens is 1. The fourth-order valence-corrected chi connectivity index (χ4v) is 6.00. The average Bonchev–Trinajstić information content (AvgIpc) is 3.28. The van der Waals surface area contributed by atoms with Gasteiger partial charge in [0.2, 0.25) is 5.91 Å². The molecule has 1 aliphatic rings. The summed E-state index contributed by atoms with van der Waals surface area (Å²) in [5, 5.41) is 11.6. The number of fused-ring (bicyclic) bond motifs is 1. The number of anilines is 1. The highest BCUT2D eigenvalue weighted by Gasteiger charge is 2.32. The van der Waals surface area contributed by atoms with E-state index in [1.807, 2.05) is 66.4 Å². The van der Waals surface area contributed by atoms with Gasteiger partial charge in [-0.15, -0.1) is 0 Å². The van der Waals surface area contributed by atoms with Crippen molar-refractivity contribution in [2.75, 3.05) is 4.90 Å². The van der Waals surface area contributed by atoms with Gasteiger partial charge in [-0.2, -0.15) is 0 Å². The molecule has 2 N–H and O–H groups in total. The molecule has 0 fully saturated rings. The third kappa shape index (κ3) is 6.94. The predicted octanol–water partition coefficient (Wildman–Crippen LogP) is 7.03. The molecule has 0 aliphatic heterocycles. The summed E-state index contributed by atoms with van der Waals surface area (Å²) < 4.78 is 3.49. The molecule has 2 atom stereocenters. The van der Waals surface area contributed by atoms with Gasteiger partial charge in [-0.25, -0.2) is 4.72 Å². The number of hydrogen-bond donors (Lipinski definition) is 2. The van der Waals surface area contributed by atoms with Crippen LogP contribution in [0.15, 0.2) is 89.8 Å². The number of benzene rings is 3. The number of aryl methyl sites for hydroxylation is 3. The maximum absolute atomic E-state index is 13.7. The SMILES string of the molecule is CCc1ccc(SNC2c3cc(N(Cc4cccc(C)n4)C(=O)CCc4ccc(Cl)cc4)ccc3C[C@H]2O)cc1. The summed E-state index contributed by atoms with van der Waals surface area (Å²) in [6.07, 6.45) is 2.02. The summed E-state index contributed by atoms with van der Waals surface area (Å²) in [6.45, 7) is 4.47. The Hall–Kier alpha value is -3.16.